The summed E-state index contributed by atoms with van der Waals surface area (Å²) in [6.45, 7) is 5.21. The Morgan fingerprint density at radius 3 is 3.05 bits per heavy atom. The van der Waals surface area contributed by atoms with E-state index < -0.39 is 0 Å². The van der Waals surface area contributed by atoms with Crippen LogP contribution in [0.4, 0.5) is 0 Å². The smallest absolute Gasteiger partial charge is 0.241 e. The molecule has 1 aliphatic rings. The maximum absolute atomic E-state index is 6.13. The van der Waals surface area contributed by atoms with E-state index in [1.807, 2.05) is 24.3 Å². The van der Waals surface area contributed by atoms with E-state index in [0.717, 1.165) is 25.3 Å². The van der Waals surface area contributed by atoms with Gasteiger partial charge in [0.05, 0.1) is 24.3 Å². The Labute approximate surface area is 122 Å². The van der Waals surface area contributed by atoms with E-state index in [2.05, 4.69) is 22.0 Å². The van der Waals surface area contributed by atoms with E-state index in [4.69, 9.17) is 20.9 Å². The van der Waals surface area contributed by atoms with Gasteiger partial charge in [-0.25, -0.2) is 0 Å². The first-order chi connectivity index (χ1) is 9.72. The van der Waals surface area contributed by atoms with E-state index >= 15 is 0 Å². The van der Waals surface area contributed by atoms with Gasteiger partial charge in [-0.15, -0.1) is 0 Å². The van der Waals surface area contributed by atoms with Gasteiger partial charge in [-0.05, 0) is 19.1 Å². The molecule has 0 unspecified atom stereocenters. The number of morpholine rings is 1. The SMILES string of the molecule is C[C@H]1CN(Cc2nc(-c3ccccc3Cl)no2)CCO1. The molecule has 0 N–H and O–H groups in total. The van der Waals surface area contributed by atoms with E-state index in [9.17, 15) is 0 Å². The average Bonchev–Trinajstić information content (AvgIpc) is 2.87. The van der Waals surface area contributed by atoms with E-state index in [0.29, 0.717) is 23.3 Å². The Morgan fingerprint density at radius 1 is 1.40 bits per heavy atom. The van der Waals surface area contributed by atoms with Gasteiger partial charge in [0, 0.05) is 18.7 Å². The van der Waals surface area contributed by atoms with Crippen LogP contribution in [0, 0.1) is 0 Å². The molecule has 0 saturated carbocycles. The van der Waals surface area contributed by atoms with Crippen molar-refractivity contribution in [3.05, 3.63) is 35.2 Å². The van der Waals surface area contributed by atoms with E-state index in [1.165, 1.54) is 0 Å². The molecule has 5 nitrogen and oxygen atoms in total. The van der Waals surface area contributed by atoms with Crippen LogP contribution in [-0.4, -0.2) is 40.8 Å². The summed E-state index contributed by atoms with van der Waals surface area (Å²) in [5.41, 5.74) is 0.791. The van der Waals surface area contributed by atoms with Crippen molar-refractivity contribution in [3.63, 3.8) is 0 Å². The molecule has 20 heavy (non-hydrogen) atoms. The summed E-state index contributed by atoms with van der Waals surface area (Å²) in [5, 5.41) is 4.63. The molecule has 0 aliphatic carbocycles. The predicted molar refractivity (Wildman–Crippen MR) is 75.4 cm³/mol. The van der Waals surface area contributed by atoms with Crippen molar-refractivity contribution >= 4 is 11.6 Å². The fourth-order valence-electron chi connectivity index (χ4n) is 2.30. The topological polar surface area (TPSA) is 51.4 Å². The summed E-state index contributed by atoms with van der Waals surface area (Å²) < 4.78 is 10.8. The van der Waals surface area contributed by atoms with Crippen molar-refractivity contribution < 1.29 is 9.26 Å². The van der Waals surface area contributed by atoms with Gasteiger partial charge in [-0.2, -0.15) is 4.98 Å². The minimum atomic E-state index is 0.245. The normalized spacial score (nSPS) is 20.2. The lowest BCUT2D eigenvalue weighted by Crippen LogP contribution is -2.40. The molecule has 0 spiro atoms. The third-order valence-electron chi connectivity index (χ3n) is 3.27. The molecule has 1 saturated heterocycles. The van der Waals surface area contributed by atoms with Crippen LogP contribution in [0.5, 0.6) is 0 Å². The Morgan fingerprint density at radius 2 is 2.25 bits per heavy atom. The number of ether oxygens (including phenoxy) is 1. The lowest BCUT2D eigenvalue weighted by molar-refractivity contribution is -0.0240. The van der Waals surface area contributed by atoms with Gasteiger partial charge >= 0.3 is 0 Å². The Hall–Kier alpha value is -1.43. The zero-order valence-corrected chi connectivity index (χ0v) is 12.0. The molecule has 0 bridgehead atoms. The lowest BCUT2D eigenvalue weighted by Gasteiger charge is -2.29. The number of hydrogen-bond donors (Lipinski definition) is 0. The van der Waals surface area contributed by atoms with E-state index in [-0.39, 0.29) is 6.10 Å². The number of rotatable bonds is 3. The minimum absolute atomic E-state index is 0.245. The molecule has 1 aromatic heterocycles. The van der Waals surface area contributed by atoms with Crippen molar-refractivity contribution in [1.29, 1.82) is 0 Å². The number of aromatic nitrogens is 2. The highest BCUT2D eigenvalue weighted by Gasteiger charge is 2.19. The Balaban J connectivity index is 1.72. The van der Waals surface area contributed by atoms with Crippen LogP contribution < -0.4 is 0 Å². The molecule has 0 radical (unpaired) electrons. The summed E-state index contributed by atoms with van der Waals surface area (Å²) in [6.07, 6.45) is 0.245. The van der Waals surface area contributed by atoms with Crippen LogP contribution >= 0.6 is 11.6 Å². The van der Waals surface area contributed by atoms with Crippen molar-refractivity contribution in [2.75, 3.05) is 19.7 Å². The molecule has 1 atom stereocenters. The molecule has 1 fully saturated rings. The third kappa shape index (κ3) is 3.00. The molecule has 6 heteroatoms. The summed E-state index contributed by atoms with van der Waals surface area (Å²) >= 11 is 6.13. The highest BCUT2D eigenvalue weighted by Crippen LogP contribution is 2.25. The monoisotopic (exact) mass is 293 g/mol. The second-order valence-corrected chi connectivity index (χ2v) is 5.32. The molecule has 2 aromatic rings. The molecule has 106 valence electrons. The first kappa shape index (κ1) is 13.5. The van der Waals surface area contributed by atoms with Gasteiger partial charge < -0.3 is 9.26 Å². The summed E-state index contributed by atoms with van der Waals surface area (Å²) in [5.74, 6) is 1.14. The van der Waals surface area contributed by atoms with Gasteiger partial charge in [-0.3, -0.25) is 4.90 Å². The number of benzene rings is 1. The number of nitrogens with zero attached hydrogens (tertiary/aromatic N) is 3. The van der Waals surface area contributed by atoms with Gasteiger partial charge in [0.15, 0.2) is 0 Å². The molecule has 2 heterocycles. The predicted octanol–water partition coefficient (Wildman–Crippen LogP) is 2.61. The fourth-order valence-corrected chi connectivity index (χ4v) is 2.52. The molecule has 1 aliphatic heterocycles. The van der Waals surface area contributed by atoms with Crippen LogP contribution in [0.1, 0.15) is 12.8 Å². The molecule has 3 rings (SSSR count). The molecular formula is C14H16ClN3O2. The largest absolute Gasteiger partial charge is 0.376 e. The van der Waals surface area contributed by atoms with Crippen LogP contribution in [0.25, 0.3) is 11.4 Å². The lowest BCUT2D eigenvalue weighted by atomic mass is 10.2. The number of hydrogen-bond acceptors (Lipinski definition) is 5. The van der Waals surface area contributed by atoms with Crippen LogP contribution in [0.15, 0.2) is 28.8 Å². The van der Waals surface area contributed by atoms with Gasteiger partial charge in [0.25, 0.3) is 0 Å². The maximum atomic E-state index is 6.13. The minimum Gasteiger partial charge on any atom is -0.376 e. The van der Waals surface area contributed by atoms with E-state index in [1.54, 1.807) is 0 Å². The van der Waals surface area contributed by atoms with Crippen molar-refractivity contribution in [1.82, 2.24) is 15.0 Å². The maximum Gasteiger partial charge on any atom is 0.241 e. The fraction of sp³-hybridized carbons (Fsp3) is 0.429. The van der Waals surface area contributed by atoms with Gasteiger partial charge in [0.2, 0.25) is 11.7 Å². The van der Waals surface area contributed by atoms with Crippen LogP contribution in [0.3, 0.4) is 0 Å². The zero-order chi connectivity index (χ0) is 13.9. The molecular weight excluding hydrogens is 278 g/mol. The first-order valence-corrected chi connectivity index (χ1v) is 7.01. The van der Waals surface area contributed by atoms with Gasteiger partial charge in [0.1, 0.15) is 0 Å². The second kappa shape index (κ2) is 5.91. The quantitative estimate of drug-likeness (QED) is 0.871. The Bertz CT molecular complexity index is 587. The Kier molecular flexibility index (Phi) is 4.00. The highest BCUT2D eigenvalue weighted by molar-refractivity contribution is 6.33. The first-order valence-electron chi connectivity index (χ1n) is 6.64. The van der Waals surface area contributed by atoms with Crippen molar-refractivity contribution in [3.8, 4) is 11.4 Å². The van der Waals surface area contributed by atoms with Crippen molar-refractivity contribution in [2.45, 2.75) is 19.6 Å². The average molecular weight is 294 g/mol. The summed E-state index contributed by atoms with van der Waals surface area (Å²) in [7, 11) is 0. The van der Waals surface area contributed by atoms with Crippen molar-refractivity contribution in [2.24, 2.45) is 0 Å². The highest BCUT2D eigenvalue weighted by atomic mass is 35.5. The summed E-state index contributed by atoms with van der Waals surface area (Å²) in [4.78, 5) is 6.66. The zero-order valence-electron chi connectivity index (χ0n) is 11.3. The standard InChI is InChI=1S/C14H16ClN3O2/c1-10-8-18(6-7-19-10)9-13-16-14(17-20-13)11-4-2-3-5-12(11)15/h2-5,10H,6-9H2,1H3/t10-/m0/s1. The molecule has 0 amide bonds. The molecule has 1 aromatic carbocycles. The second-order valence-electron chi connectivity index (χ2n) is 4.91. The third-order valence-corrected chi connectivity index (χ3v) is 3.60. The summed E-state index contributed by atoms with van der Waals surface area (Å²) in [6, 6.07) is 7.48. The van der Waals surface area contributed by atoms with Crippen LogP contribution in [-0.2, 0) is 11.3 Å². The van der Waals surface area contributed by atoms with Crippen LogP contribution in [0.2, 0.25) is 5.02 Å². The van der Waals surface area contributed by atoms with Gasteiger partial charge in [-0.1, -0.05) is 28.9 Å². The number of halogens is 1.